The summed E-state index contributed by atoms with van der Waals surface area (Å²) >= 11 is 0. The molecule has 1 atom stereocenters. The summed E-state index contributed by atoms with van der Waals surface area (Å²) in [6.45, 7) is 7.16. The van der Waals surface area contributed by atoms with Gasteiger partial charge >= 0.3 is 0 Å². The first-order chi connectivity index (χ1) is 11.5. The third-order valence-corrected chi connectivity index (χ3v) is 4.67. The summed E-state index contributed by atoms with van der Waals surface area (Å²) in [5.41, 5.74) is 3.59. The fraction of sp³-hybridized carbons (Fsp3) is 0.556. The van der Waals surface area contributed by atoms with E-state index >= 15 is 0 Å². The van der Waals surface area contributed by atoms with Crippen LogP contribution in [-0.2, 0) is 25.6 Å². The third kappa shape index (κ3) is 3.76. The molecule has 2 fully saturated rings. The van der Waals surface area contributed by atoms with Crippen LogP contribution in [0.25, 0.3) is 0 Å². The Bertz CT molecular complexity index is 625. The summed E-state index contributed by atoms with van der Waals surface area (Å²) in [6, 6.07) is 6.25. The van der Waals surface area contributed by atoms with Crippen molar-refractivity contribution < 1.29 is 19.1 Å². The van der Waals surface area contributed by atoms with Gasteiger partial charge in [0, 0.05) is 19.6 Å². The van der Waals surface area contributed by atoms with E-state index in [1.165, 1.54) is 11.1 Å². The zero-order valence-corrected chi connectivity index (χ0v) is 14.3. The highest BCUT2D eigenvalue weighted by molar-refractivity contribution is 5.88. The lowest BCUT2D eigenvalue weighted by Crippen LogP contribution is -2.55. The Hall–Kier alpha value is -1.92. The van der Waals surface area contributed by atoms with Crippen LogP contribution in [0.2, 0.25) is 0 Å². The summed E-state index contributed by atoms with van der Waals surface area (Å²) in [6.07, 6.45) is -0.571. The fourth-order valence-electron chi connectivity index (χ4n) is 3.02. The molecule has 3 rings (SSSR count). The van der Waals surface area contributed by atoms with Crippen LogP contribution in [0.15, 0.2) is 18.2 Å². The summed E-state index contributed by atoms with van der Waals surface area (Å²) in [5.74, 6) is -0.168. The van der Waals surface area contributed by atoms with Crippen LogP contribution in [0.3, 0.4) is 0 Å². The molecule has 2 saturated heterocycles. The Kier molecular flexibility index (Phi) is 5.16. The summed E-state index contributed by atoms with van der Waals surface area (Å²) < 4.78 is 10.7. The van der Waals surface area contributed by atoms with Crippen molar-refractivity contribution in [2.24, 2.45) is 0 Å². The summed E-state index contributed by atoms with van der Waals surface area (Å²) in [4.78, 5) is 28.2. The maximum Gasteiger partial charge on any atom is 0.254 e. The normalized spacial score (nSPS) is 21.9. The van der Waals surface area contributed by atoms with Crippen LogP contribution in [0, 0.1) is 13.8 Å². The molecule has 0 radical (unpaired) electrons. The molecule has 0 bridgehead atoms. The quantitative estimate of drug-likeness (QED) is 0.825. The molecule has 2 aliphatic rings. The van der Waals surface area contributed by atoms with E-state index in [0.717, 1.165) is 5.56 Å². The maximum atomic E-state index is 12.4. The predicted octanol–water partition coefficient (Wildman–Crippen LogP) is 0.890. The first-order valence-electron chi connectivity index (χ1n) is 8.36. The Labute approximate surface area is 142 Å². The lowest BCUT2D eigenvalue weighted by Gasteiger charge is -2.36. The topological polar surface area (TPSA) is 59.1 Å². The monoisotopic (exact) mass is 332 g/mol. The van der Waals surface area contributed by atoms with Crippen LogP contribution in [0.1, 0.15) is 16.7 Å². The number of carbonyl (C=O) groups excluding carboxylic acids is 2. The van der Waals surface area contributed by atoms with Crippen molar-refractivity contribution in [1.82, 2.24) is 9.80 Å². The molecule has 1 aromatic rings. The molecular weight excluding hydrogens is 308 g/mol. The van der Waals surface area contributed by atoms with Crippen LogP contribution in [-0.4, -0.2) is 67.2 Å². The van der Waals surface area contributed by atoms with Crippen molar-refractivity contribution in [3.8, 4) is 0 Å². The molecule has 0 spiro atoms. The van der Waals surface area contributed by atoms with Gasteiger partial charge in [-0.25, -0.2) is 0 Å². The van der Waals surface area contributed by atoms with Crippen molar-refractivity contribution in [2.45, 2.75) is 26.5 Å². The summed E-state index contributed by atoms with van der Waals surface area (Å²) in [5, 5.41) is 0. The van der Waals surface area contributed by atoms with Crippen molar-refractivity contribution in [3.05, 3.63) is 34.9 Å². The molecular formula is C18H24N2O4. The zero-order valence-electron chi connectivity index (χ0n) is 14.3. The molecule has 2 amide bonds. The van der Waals surface area contributed by atoms with Crippen LogP contribution in [0.4, 0.5) is 0 Å². The second-order valence-corrected chi connectivity index (χ2v) is 6.43. The van der Waals surface area contributed by atoms with E-state index in [2.05, 4.69) is 32.0 Å². The Morgan fingerprint density at radius 3 is 2.71 bits per heavy atom. The van der Waals surface area contributed by atoms with Gasteiger partial charge in [0.25, 0.3) is 5.91 Å². The molecule has 6 nitrogen and oxygen atoms in total. The van der Waals surface area contributed by atoms with Gasteiger partial charge < -0.3 is 19.3 Å². The SMILES string of the molecule is Cc1ccc(CN2CCN(C(=O)C3COCCO3)CC2=O)cc1C. The molecule has 1 aromatic carbocycles. The zero-order chi connectivity index (χ0) is 17.1. The van der Waals surface area contributed by atoms with Gasteiger partial charge in [-0.1, -0.05) is 18.2 Å². The minimum Gasteiger partial charge on any atom is -0.376 e. The van der Waals surface area contributed by atoms with E-state index in [1.54, 1.807) is 4.90 Å². The van der Waals surface area contributed by atoms with E-state index < -0.39 is 6.10 Å². The largest absolute Gasteiger partial charge is 0.376 e. The number of nitrogens with zero attached hydrogens (tertiary/aromatic N) is 2. The molecule has 2 heterocycles. The van der Waals surface area contributed by atoms with Crippen molar-refractivity contribution >= 4 is 11.8 Å². The molecule has 6 heteroatoms. The molecule has 130 valence electrons. The highest BCUT2D eigenvalue weighted by Gasteiger charge is 2.32. The first-order valence-corrected chi connectivity index (χ1v) is 8.36. The lowest BCUT2D eigenvalue weighted by atomic mass is 10.1. The number of amides is 2. The predicted molar refractivity (Wildman–Crippen MR) is 88.5 cm³/mol. The van der Waals surface area contributed by atoms with Gasteiger partial charge in [-0.15, -0.1) is 0 Å². The van der Waals surface area contributed by atoms with Crippen molar-refractivity contribution in [1.29, 1.82) is 0 Å². The van der Waals surface area contributed by atoms with Crippen molar-refractivity contribution in [2.75, 3.05) is 39.5 Å². The van der Waals surface area contributed by atoms with Gasteiger partial charge in [0.1, 0.15) is 0 Å². The maximum absolute atomic E-state index is 12.4. The first kappa shape index (κ1) is 16.9. The summed E-state index contributed by atoms with van der Waals surface area (Å²) in [7, 11) is 0. The van der Waals surface area contributed by atoms with E-state index in [9.17, 15) is 9.59 Å². The highest BCUT2D eigenvalue weighted by Crippen LogP contribution is 2.15. The lowest BCUT2D eigenvalue weighted by molar-refractivity contribution is -0.163. The second kappa shape index (κ2) is 7.32. The molecule has 1 unspecified atom stereocenters. The van der Waals surface area contributed by atoms with Crippen LogP contribution in [0.5, 0.6) is 0 Å². The number of hydrogen-bond acceptors (Lipinski definition) is 4. The number of hydrogen-bond donors (Lipinski definition) is 0. The molecule has 0 aliphatic carbocycles. The van der Waals surface area contributed by atoms with Gasteiger partial charge in [0.2, 0.25) is 5.91 Å². The van der Waals surface area contributed by atoms with Gasteiger partial charge in [-0.3, -0.25) is 9.59 Å². The van der Waals surface area contributed by atoms with E-state index in [1.807, 2.05) is 4.90 Å². The van der Waals surface area contributed by atoms with Crippen LogP contribution < -0.4 is 0 Å². The minimum absolute atomic E-state index is 0.0236. The highest BCUT2D eigenvalue weighted by atomic mass is 16.6. The van der Waals surface area contributed by atoms with Gasteiger partial charge in [0.05, 0.1) is 26.4 Å². The minimum atomic E-state index is -0.571. The Balaban J connectivity index is 1.57. The molecule has 0 saturated carbocycles. The average Bonchev–Trinajstić information content (AvgIpc) is 2.60. The van der Waals surface area contributed by atoms with E-state index in [4.69, 9.17) is 9.47 Å². The second-order valence-electron chi connectivity index (χ2n) is 6.43. The third-order valence-electron chi connectivity index (χ3n) is 4.67. The Morgan fingerprint density at radius 1 is 1.21 bits per heavy atom. The van der Waals surface area contributed by atoms with Gasteiger partial charge in [-0.05, 0) is 30.5 Å². The standard InChI is InChI=1S/C18H24N2O4/c1-13-3-4-15(9-14(13)2)10-19-5-6-20(11-17(19)21)18(22)16-12-23-7-8-24-16/h3-4,9,16H,5-8,10-12H2,1-2H3. The van der Waals surface area contributed by atoms with Crippen LogP contribution >= 0.6 is 0 Å². The smallest absolute Gasteiger partial charge is 0.254 e. The number of aryl methyl sites for hydroxylation is 2. The number of rotatable bonds is 3. The molecule has 2 aliphatic heterocycles. The van der Waals surface area contributed by atoms with E-state index in [-0.39, 0.29) is 25.0 Å². The van der Waals surface area contributed by atoms with Gasteiger partial charge in [-0.2, -0.15) is 0 Å². The average molecular weight is 332 g/mol. The number of ether oxygens (including phenoxy) is 2. The number of benzene rings is 1. The molecule has 0 aromatic heterocycles. The van der Waals surface area contributed by atoms with Gasteiger partial charge in [0.15, 0.2) is 6.10 Å². The number of carbonyl (C=O) groups is 2. The Morgan fingerprint density at radius 2 is 2.04 bits per heavy atom. The number of piperazine rings is 1. The van der Waals surface area contributed by atoms with Crippen molar-refractivity contribution in [3.63, 3.8) is 0 Å². The fourth-order valence-corrected chi connectivity index (χ4v) is 3.02. The van der Waals surface area contributed by atoms with E-state index in [0.29, 0.717) is 32.8 Å². The molecule has 0 N–H and O–H groups in total. The molecule has 24 heavy (non-hydrogen) atoms.